The fourth-order valence-corrected chi connectivity index (χ4v) is 2.68. The minimum Gasteiger partial charge on any atom is -0.394 e. The van der Waals surface area contributed by atoms with Crippen molar-refractivity contribution >= 4 is 0 Å². The third-order valence-electron chi connectivity index (χ3n) is 3.70. The highest BCUT2D eigenvalue weighted by atomic mass is 16.3. The minimum absolute atomic E-state index is 0.0210. The topological polar surface area (TPSA) is 64.1 Å². The van der Waals surface area contributed by atoms with Crippen molar-refractivity contribution in [1.82, 2.24) is 9.55 Å². The van der Waals surface area contributed by atoms with Gasteiger partial charge in [-0.1, -0.05) is 19.8 Å². The molecule has 3 unspecified atom stereocenters. The number of imidazole rings is 1. The quantitative estimate of drug-likeness (QED) is 0.818. The van der Waals surface area contributed by atoms with Crippen molar-refractivity contribution < 1.29 is 5.11 Å². The first-order chi connectivity index (χ1) is 7.74. The monoisotopic (exact) mass is 223 g/mol. The van der Waals surface area contributed by atoms with Gasteiger partial charge in [-0.2, -0.15) is 0 Å². The van der Waals surface area contributed by atoms with Gasteiger partial charge in [0.05, 0.1) is 24.7 Å². The average molecular weight is 223 g/mol. The lowest BCUT2D eigenvalue weighted by molar-refractivity contribution is 0.232. The van der Waals surface area contributed by atoms with Crippen LogP contribution in [0.2, 0.25) is 0 Å². The summed E-state index contributed by atoms with van der Waals surface area (Å²) in [6.07, 6.45) is 8.72. The van der Waals surface area contributed by atoms with Crippen molar-refractivity contribution in [2.24, 2.45) is 11.7 Å². The molecule has 1 aromatic heterocycles. The molecule has 2 rings (SSSR count). The molecule has 0 aliphatic heterocycles. The molecule has 4 heteroatoms. The van der Waals surface area contributed by atoms with Crippen molar-refractivity contribution in [3.8, 4) is 0 Å². The predicted octanol–water partition coefficient (Wildman–Crippen LogP) is 1.63. The van der Waals surface area contributed by atoms with E-state index in [1.54, 1.807) is 6.20 Å². The van der Waals surface area contributed by atoms with Gasteiger partial charge in [0, 0.05) is 12.2 Å². The van der Waals surface area contributed by atoms with Crippen LogP contribution >= 0.6 is 0 Å². The van der Waals surface area contributed by atoms with Gasteiger partial charge in [-0.25, -0.2) is 4.98 Å². The molecule has 90 valence electrons. The lowest BCUT2D eigenvalue weighted by Crippen LogP contribution is -2.26. The molecule has 16 heavy (non-hydrogen) atoms. The second-order valence-corrected chi connectivity index (χ2v) is 4.84. The molecule has 1 saturated carbocycles. The summed E-state index contributed by atoms with van der Waals surface area (Å²) in [5.41, 5.74) is 6.84. The van der Waals surface area contributed by atoms with Gasteiger partial charge < -0.3 is 15.4 Å². The number of rotatable bonds is 3. The lowest BCUT2D eigenvalue weighted by atomic mass is 9.85. The third kappa shape index (κ3) is 2.13. The molecule has 3 N–H and O–H groups in total. The molecule has 0 bridgehead atoms. The van der Waals surface area contributed by atoms with Gasteiger partial charge in [0.1, 0.15) is 0 Å². The zero-order valence-electron chi connectivity index (χ0n) is 9.84. The Labute approximate surface area is 96.5 Å². The van der Waals surface area contributed by atoms with Gasteiger partial charge in [-0.15, -0.1) is 0 Å². The van der Waals surface area contributed by atoms with E-state index in [-0.39, 0.29) is 12.6 Å². The molecule has 0 spiro atoms. The van der Waals surface area contributed by atoms with Crippen molar-refractivity contribution in [2.45, 2.75) is 44.7 Å². The molecule has 3 atom stereocenters. The van der Waals surface area contributed by atoms with E-state index in [4.69, 9.17) is 10.8 Å². The van der Waals surface area contributed by atoms with Crippen molar-refractivity contribution in [2.75, 3.05) is 6.61 Å². The van der Waals surface area contributed by atoms with E-state index in [0.29, 0.717) is 12.0 Å². The summed E-state index contributed by atoms with van der Waals surface area (Å²) >= 11 is 0. The summed E-state index contributed by atoms with van der Waals surface area (Å²) in [7, 11) is 0. The number of aliphatic hydroxyl groups excluding tert-OH is 1. The van der Waals surface area contributed by atoms with E-state index < -0.39 is 0 Å². The normalized spacial score (nSPS) is 27.9. The number of hydrogen-bond acceptors (Lipinski definition) is 3. The molecule has 4 nitrogen and oxygen atoms in total. The number of nitrogens with zero attached hydrogens (tertiary/aromatic N) is 2. The second kappa shape index (κ2) is 4.97. The van der Waals surface area contributed by atoms with Crippen LogP contribution in [-0.4, -0.2) is 21.3 Å². The highest BCUT2D eigenvalue weighted by molar-refractivity contribution is 5.07. The summed E-state index contributed by atoms with van der Waals surface area (Å²) in [4.78, 5) is 4.17. The van der Waals surface area contributed by atoms with Gasteiger partial charge in [0.2, 0.25) is 0 Å². The van der Waals surface area contributed by atoms with E-state index in [1.165, 1.54) is 25.7 Å². The maximum absolute atomic E-state index is 9.13. The fraction of sp³-hybridized carbons (Fsp3) is 0.750. The Morgan fingerprint density at radius 1 is 1.56 bits per heavy atom. The van der Waals surface area contributed by atoms with E-state index in [1.807, 2.05) is 6.33 Å². The maximum atomic E-state index is 9.13. The van der Waals surface area contributed by atoms with Crippen LogP contribution in [0, 0.1) is 5.92 Å². The van der Waals surface area contributed by atoms with Crippen LogP contribution in [0.3, 0.4) is 0 Å². The van der Waals surface area contributed by atoms with Gasteiger partial charge in [-0.3, -0.25) is 0 Å². The Kier molecular flexibility index (Phi) is 3.61. The van der Waals surface area contributed by atoms with E-state index in [2.05, 4.69) is 16.5 Å². The molecule has 1 aliphatic carbocycles. The van der Waals surface area contributed by atoms with Crippen molar-refractivity contribution in [3.63, 3.8) is 0 Å². The summed E-state index contributed by atoms with van der Waals surface area (Å²) in [5.74, 6) is 0.674. The first kappa shape index (κ1) is 11.6. The van der Waals surface area contributed by atoms with Gasteiger partial charge in [-0.05, 0) is 18.8 Å². The zero-order valence-corrected chi connectivity index (χ0v) is 9.84. The van der Waals surface area contributed by atoms with Gasteiger partial charge in [0.25, 0.3) is 0 Å². The molecular formula is C12H21N3O. The third-order valence-corrected chi connectivity index (χ3v) is 3.70. The van der Waals surface area contributed by atoms with Gasteiger partial charge >= 0.3 is 0 Å². The van der Waals surface area contributed by atoms with E-state index >= 15 is 0 Å². The Hall–Kier alpha value is -0.870. The largest absolute Gasteiger partial charge is 0.394 e. The zero-order chi connectivity index (χ0) is 11.5. The molecule has 1 aromatic rings. The van der Waals surface area contributed by atoms with Crippen LogP contribution in [0.15, 0.2) is 12.5 Å². The molecular weight excluding hydrogens is 202 g/mol. The summed E-state index contributed by atoms with van der Waals surface area (Å²) < 4.78 is 2.17. The smallest absolute Gasteiger partial charge is 0.0951 e. The molecule has 0 amide bonds. The first-order valence-corrected chi connectivity index (χ1v) is 6.12. The molecule has 0 radical (unpaired) electrons. The maximum Gasteiger partial charge on any atom is 0.0951 e. The molecule has 0 saturated heterocycles. The first-order valence-electron chi connectivity index (χ1n) is 6.12. The van der Waals surface area contributed by atoms with Crippen LogP contribution in [0.4, 0.5) is 0 Å². The SMILES string of the molecule is CC1CCCCC1n1cncc1C(N)CO. The summed E-state index contributed by atoms with van der Waals surface area (Å²) in [6, 6.07) is 0.195. The van der Waals surface area contributed by atoms with Crippen LogP contribution in [-0.2, 0) is 0 Å². The number of aliphatic hydroxyl groups is 1. The summed E-state index contributed by atoms with van der Waals surface area (Å²) in [6.45, 7) is 2.27. The van der Waals surface area contributed by atoms with Gasteiger partial charge in [0.15, 0.2) is 0 Å². The van der Waals surface area contributed by atoms with Crippen LogP contribution in [0.5, 0.6) is 0 Å². The summed E-state index contributed by atoms with van der Waals surface area (Å²) in [5, 5.41) is 9.13. The Morgan fingerprint density at radius 2 is 2.31 bits per heavy atom. The molecule has 1 aliphatic rings. The minimum atomic E-state index is -0.309. The standard InChI is InChI=1S/C12H21N3O/c1-9-4-2-3-5-11(9)15-8-14-6-12(15)10(13)7-16/h6,8-11,16H,2-5,7,13H2,1H3. The molecule has 1 fully saturated rings. The Balaban J connectivity index is 2.22. The lowest BCUT2D eigenvalue weighted by Gasteiger charge is -2.31. The number of aromatic nitrogens is 2. The second-order valence-electron chi connectivity index (χ2n) is 4.84. The number of nitrogens with two attached hydrogens (primary N) is 1. The molecule has 1 heterocycles. The highest BCUT2D eigenvalue weighted by Gasteiger charge is 2.25. The Morgan fingerprint density at radius 3 is 3.00 bits per heavy atom. The molecule has 0 aromatic carbocycles. The highest BCUT2D eigenvalue weighted by Crippen LogP contribution is 2.34. The Bertz CT molecular complexity index is 337. The number of hydrogen-bond donors (Lipinski definition) is 2. The fourth-order valence-electron chi connectivity index (χ4n) is 2.68. The average Bonchev–Trinajstić information content (AvgIpc) is 2.77. The van der Waals surface area contributed by atoms with Crippen molar-refractivity contribution in [3.05, 3.63) is 18.2 Å². The predicted molar refractivity (Wildman–Crippen MR) is 62.9 cm³/mol. The van der Waals surface area contributed by atoms with E-state index in [9.17, 15) is 0 Å². The van der Waals surface area contributed by atoms with Crippen LogP contribution in [0.25, 0.3) is 0 Å². The van der Waals surface area contributed by atoms with E-state index in [0.717, 1.165) is 5.69 Å². The van der Waals surface area contributed by atoms with Crippen molar-refractivity contribution in [1.29, 1.82) is 0 Å². The van der Waals surface area contributed by atoms with Crippen LogP contribution in [0.1, 0.15) is 50.4 Å². The van der Waals surface area contributed by atoms with Crippen LogP contribution < -0.4 is 5.73 Å².